The fourth-order valence-electron chi connectivity index (χ4n) is 2.11. The molecule has 15 heavy (non-hydrogen) atoms. The lowest BCUT2D eigenvalue weighted by Crippen LogP contribution is -2.29. The van der Waals surface area contributed by atoms with Gasteiger partial charge in [0.25, 0.3) is 0 Å². The first kappa shape index (κ1) is 11.2. The molecule has 0 saturated carbocycles. The van der Waals surface area contributed by atoms with E-state index in [1.165, 1.54) is 48.0 Å². The molecule has 1 fully saturated rings. The van der Waals surface area contributed by atoms with Crippen LogP contribution in [0.5, 0.6) is 0 Å². The minimum Gasteiger partial charge on any atom is -0.299 e. The predicted molar refractivity (Wildman–Crippen MR) is 68.0 cm³/mol. The van der Waals surface area contributed by atoms with E-state index in [-0.39, 0.29) is 0 Å². The van der Waals surface area contributed by atoms with Crippen molar-refractivity contribution in [2.75, 3.05) is 13.1 Å². The zero-order valence-corrected chi connectivity index (χ0v) is 10.9. The van der Waals surface area contributed by atoms with Crippen molar-refractivity contribution in [3.8, 4) is 0 Å². The fraction of sp³-hybridized carbons (Fsp3) is 0.538. The standard InChI is InChI=1S/C13H18BrN/c1-11-5-6-12(9-13(11)14)10-15-7-3-2-4-8-15/h5-6,9H,2-4,7-8,10H2,1H3. The van der Waals surface area contributed by atoms with Crippen molar-refractivity contribution in [3.63, 3.8) is 0 Å². The van der Waals surface area contributed by atoms with Gasteiger partial charge in [-0.1, -0.05) is 34.5 Å². The lowest BCUT2D eigenvalue weighted by Gasteiger charge is -2.26. The molecule has 1 nitrogen and oxygen atoms in total. The summed E-state index contributed by atoms with van der Waals surface area (Å²) in [6, 6.07) is 6.70. The number of benzene rings is 1. The number of hydrogen-bond acceptors (Lipinski definition) is 1. The van der Waals surface area contributed by atoms with Crippen molar-refractivity contribution in [1.29, 1.82) is 0 Å². The Labute approximate surface area is 101 Å². The maximum Gasteiger partial charge on any atom is 0.0234 e. The van der Waals surface area contributed by atoms with E-state index < -0.39 is 0 Å². The third-order valence-corrected chi connectivity index (χ3v) is 3.95. The Hall–Kier alpha value is -0.340. The van der Waals surface area contributed by atoms with Crippen molar-refractivity contribution in [1.82, 2.24) is 4.90 Å². The average molecular weight is 268 g/mol. The molecule has 0 amide bonds. The Morgan fingerprint density at radius 2 is 1.93 bits per heavy atom. The maximum absolute atomic E-state index is 3.59. The van der Waals surface area contributed by atoms with Crippen LogP contribution in [0.1, 0.15) is 30.4 Å². The molecule has 1 aliphatic heterocycles. The van der Waals surface area contributed by atoms with Crippen LogP contribution in [0.25, 0.3) is 0 Å². The molecule has 0 aliphatic carbocycles. The molecule has 1 saturated heterocycles. The smallest absolute Gasteiger partial charge is 0.0234 e. The van der Waals surface area contributed by atoms with Gasteiger partial charge in [0.2, 0.25) is 0 Å². The van der Waals surface area contributed by atoms with Gasteiger partial charge in [-0.25, -0.2) is 0 Å². The van der Waals surface area contributed by atoms with Crippen molar-refractivity contribution >= 4 is 15.9 Å². The summed E-state index contributed by atoms with van der Waals surface area (Å²) < 4.78 is 1.23. The Bertz CT molecular complexity index is 329. The second-order valence-electron chi connectivity index (χ2n) is 4.42. The van der Waals surface area contributed by atoms with Crippen LogP contribution in [0.4, 0.5) is 0 Å². The van der Waals surface area contributed by atoms with Gasteiger partial charge in [-0.15, -0.1) is 0 Å². The molecular weight excluding hydrogens is 250 g/mol. The van der Waals surface area contributed by atoms with E-state index in [4.69, 9.17) is 0 Å². The van der Waals surface area contributed by atoms with Gasteiger partial charge in [0.1, 0.15) is 0 Å². The molecule has 0 spiro atoms. The van der Waals surface area contributed by atoms with Gasteiger partial charge in [0.05, 0.1) is 0 Å². The number of hydrogen-bond donors (Lipinski definition) is 0. The second kappa shape index (κ2) is 5.13. The van der Waals surface area contributed by atoms with Gasteiger partial charge in [-0.3, -0.25) is 4.90 Å². The quantitative estimate of drug-likeness (QED) is 0.789. The maximum atomic E-state index is 3.59. The molecule has 1 heterocycles. The van der Waals surface area contributed by atoms with Gasteiger partial charge < -0.3 is 0 Å². The number of nitrogens with zero attached hydrogens (tertiary/aromatic N) is 1. The Morgan fingerprint density at radius 3 is 2.60 bits per heavy atom. The monoisotopic (exact) mass is 267 g/mol. The van der Waals surface area contributed by atoms with Crippen molar-refractivity contribution in [2.24, 2.45) is 0 Å². The summed E-state index contributed by atoms with van der Waals surface area (Å²) in [5.41, 5.74) is 2.74. The molecule has 1 aromatic carbocycles. The summed E-state index contributed by atoms with van der Waals surface area (Å²) in [4.78, 5) is 2.56. The topological polar surface area (TPSA) is 3.24 Å². The third-order valence-electron chi connectivity index (χ3n) is 3.09. The molecule has 1 aliphatic rings. The van der Waals surface area contributed by atoms with Crippen LogP contribution in [-0.4, -0.2) is 18.0 Å². The summed E-state index contributed by atoms with van der Waals surface area (Å²) in [7, 11) is 0. The normalized spacial score (nSPS) is 18.0. The zero-order chi connectivity index (χ0) is 10.7. The van der Waals surface area contributed by atoms with E-state index >= 15 is 0 Å². The highest BCUT2D eigenvalue weighted by Crippen LogP contribution is 2.19. The van der Waals surface area contributed by atoms with Crippen molar-refractivity contribution < 1.29 is 0 Å². The number of rotatable bonds is 2. The minimum absolute atomic E-state index is 1.11. The van der Waals surface area contributed by atoms with Gasteiger partial charge in [0.15, 0.2) is 0 Å². The van der Waals surface area contributed by atoms with Crippen LogP contribution in [0.2, 0.25) is 0 Å². The number of aryl methyl sites for hydroxylation is 1. The van der Waals surface area contributed by atoms with Gasteiger partial charge >= 0.3 is 0 Å². The molecule has 2 heteroatoms. The molecule has 2 rings (SSSR count). The van der Waals surface area contributed by atoms with Crippen LogP contribution >= 0.6 is 15.9 Å². The molecule has 1 aromatic rings. The average Bonchev–Trinajstić information content (AvgIpc) is 2.25. The minimum atomic E-state index is 1.11. The molecule has 0 aromatic heterocycles. The second-order valence-corrected chi connectivity index (χ2v) is 5.27. The molecule has 82 valence electrons. The Morgan fingerprint density at radius 1 is 1.20 bits per heavy atom. The summed E-state index contributed by atoms with van der Waals surface area (Å²) in [5.74, 6) is 0. The van der Waals surface area contributed by atoms with Gasteiger partial charge in [-0.2, -0.15) is 0 Å². The number of likely N-dealkylation sites (tertiary alicyclic amines) is 1. The van der Waals surface area contributed by atoms with Crippen molar-refractivity contribution in [2.45, 2.75) is 32.7 Å². The van der Waals surface area contributed by atoms with Gasteiger partial charge in [0, 0.05) is 11.0 Å². The molecule has 0 bridgehead atoms. The van der Waals surface area contributed by atoms with Crippen LogP contribution in [0, 0.1) is 6.92 Å². The van der Waals surface area contributed by atoms with Crippen LogP contribution in [-0.2, 0) is 6.54 Å². The predicted octanol–water partition coefficient (Wildman–Crippen LogP) is 3.74. The summed E-state index contributed by atoms with van der Waals surface area (Å²) >= 11 is 3.59. The third kappa shape index (κ3) is 3.05. The zero-order valence-electron chi connectivity index (χ0n) is 9.30. The molecule has 0 radical (unpaired) electrons. The van der Waals surface area contributed by atoms with Crippen LogP contribution in [0.3, 0.4) is 0 Å². The summed E-state index contributed by atoms with van der Waals surface area (Å²) in [6.07, 6.45) is 4.15. The van der Waals surface area contributed by atoms with E-state index in [9.17, 15) is 0 Å². The van der Waals surface area contributed by atoms with E-state index in [0.29, 0.717) is 0 Å². The van der Waals surface area contributed by atoms with Gasteiger partial charge in [-0.05, 0) is 50.0 Å². The van der Waals surface area contributed by atoms with Crippen LogP contribution < -0.4 is 0 Å². The van der Waals surface area contributed by atoms with E-state index in [1.807, 2.05) is 0 Å². The Kier molecular flexibility index (Phi) is 3.81. The fourth-order valence-corrected chi connectivity index (χ4v) is 2.54. The highest BCUT2D eigenvalue weighted by atomic mass is 79.9. The molecule has 0 N–H and O–H groups in total. The first-order valence-electron chi connectivity index (χ1n) is 5.73. The molecule has 0 unspecified atom stereocenters. The van der Waals surface area contributed by atoms with E-state index in [0.717, 1.165) is 6.54 Å². The SMILES string of the molecule is Cc1ccc(CN2CCCCC2)cc1Br. The van der Waals surface area contributed by atoms with E-state index in [2.05, 4.69) is 46.0 Å². The highest BCUT2D eigenvalue weighted by Gasteiger charge is 2.10. The first-order valence-corrected chi connectivity index (χ1v) is 6.52. The molecule has 0 atom stereocenters. The lowest BCUT2D eigenvalue weighted by atomic mass is 10.1. The largest absolute Gasteiger partial charge is 0.299 e. The Balaban J connectivity index is 2.00. The summed E-state index contributed by atoms with van der Waals surface area (Å²) in [6.45, 7) is 5.78. The first-order chi connectivity index (χ1) is 7.25. The molecular formula is C13H18BrN. The van der Waals surface area contributed by atoms with Crippen LogP contribution in [0.15, 0.2) is 22.7 Å². The number of piperidine rings is 1. The highest BCUT2D eigenvalue weighted by molar-refractivity contribution is 9.10. The lowest BCUT2D eigenvalue weighted by molar-refractivity contribution is 0.221. The summed E-state index contributed by atoms with van der Waals surface area (Å²) in [5, 5.41) is 0. The van der Waals surface area contributed by atoms with Crippen molar-refractivity contribution in [3.05, 3.63) is 33.8 Å². The van der Waals surface area contributed by atoms with E-state index in [1.54, 1.807) is 0 Å². The number of halogens is 1.